The molecule has 0 saturated heterocycles. The van der Waals surface area contributed by atoms with E-state index in [2.05, 4.69) is 33.5 Å². The van der Waals surface area contributed by atoms with Crippen molar-refractivity contribution in [1.82, 2.24) is 15.3 Å². The van der Waals surface area contributed by atoms with E-state index in [1.54, 1.807) is 12.1 Å². The van der Waals surface area contributed by atoms with E-state index in [9.17, 15) is 4.39 Å². The zero-order valence-corrected chi connectivity index (χ0v) is 16.2. The summed E-state index contributed by atoms with van der Waals surface area (Å²) in [6.45, 7) is 1.64. The van der Waals surface area contributed by atoms with Gasteiger partial charge >= 0.3 is 0 Å². The summed E-state index contributed by atoms with van der Waals surface area (Å²) in [6, 6.07) is 13.5. The highest BCUT2D eigenvalue weighted by atomic mass is 19.1. The van der Waals surface area contributed by atoms with E-state index < -0.39 is 0 Å². The quantitative estimate of drug-likeness (QED) is 0.467. The Morgan fingerprint density at radius 1 is 1.14 bits per heavy atom. The molecule has 1 atom stereocenters. The predicted molar refractivity (Wildman–Crippen MR) is 114 cm³/mol. The highest BCUT2D eigenvalue weighted by Gasteiger charge is 2.21. The van der Waals surface area contributed by atoms with Gasteiger partial charge in [-0.3, -0.25) is 4.98 Å². The van der Waals surface area contributed by atoms with Gasteiger partial charge in [-0.1, -0.05) is 6.07 Å². The van der Waals surface area contributed by atoms with Crippen molar-refractivity contribution in [2.24, 2.45) is 0 Å². The highest BCUT2D eigenvalue weighted by molar-refractivity contribution is 5.86. The summed E-state index contributed by atoms with van der Waals surface area (Å²) in [7, 11) is 0. The second-order valence-corrected chi connectivity index (χ2v) is 7.75. The van der Waals surface area contributed by atoms with Crippen molar-refractivity contribution in [2.75, 3.05) is 13.2 Å². The van der Waals surface area contributed by atoms with Crippen molar-refractivity contribution < 1.29 is 9.13 Å². The van der Waals surface area contributed by atoms with E-state index >= 15 is 0 Å². The highest BCUT2D eigenvalue weighted by Crippen LogP contribution is 2.32. The molecule has 5 rings (SSSR count). The maximum Gasteiger partial charge on any atom is 0.132 e. The van der Waals surface area contributed by atoms with Gasteiger partial charge in [0.25, 0.3) is 0 Å². The van der Waals surface area contributed by atoms with Crippen LogP contribution in [0.2, 0.25) is 0 Å². The third-order valence-corrected chi connectivity index (χ3v) is 5.75. The van der Waals surface area contributed by atoms with Gasteiger partial charge in [-0.15, -0.1) is 0 Å². The van der Waals surface area contributed by atoms with Crippen LogP contribution in [0, 0.1) is 5.82 Å². The van der Waals surface area contributed by atoms with Crippen LogP contribution in [0.25, 0.3) is 21.8 Å². The summed E-state index contributed by atoms with van der Waals surface area (Å²) < 4.78 is 19.6. The second-order valence-electron chi connectivity index (χ2n) is 7.75. The van der Waals surface area contributed by atoms with Crippen LogP contribution in [-0.2, 0) is 12.8 Å². The lowest BCUT2D eigenvalue weighted by atomic mass is 9.99. The number of aromatic amines is 1. The van der Waals surface area contributed by atoms with E-state index in [0.29, 0.717) is 12.6 Å². The number of hydrogen-bond acceptors (Lipinski definition) is 3. The lowest BCUT2D eigenvalue weighted by molar-refractivity contribution is 0.241. The van der Waals surface area contributed by atoms with E-state index in [-0.39, 0.29) is 5.82 Å². The maximum absolute atomic E-state index is 13.5. The van der Waals surface area contributed by atoms with Crippen molar-refractivity contribution in [3.63, 3.8) is 0 Å². The molecular weight excluding hydrogens is 365 g/mol. The number of aromatic nitrogens is 2. The van der Waals surface area contributed by atoms with Gasteiger partial charge in [0.15, 0.2) is 0 Å². The van der Waals surface area contributed by atoms with E-state index in [0.717, 1.165) is 59.8 Å². The molecule has 0 radical (unpaired) electrons. The number of H-pyrrole nitrogens is 1. The molecule has 1 aliphatic heterocycles. The Bertz CT molecular complexity index is 1150. The number of unbranched alkanes of at least 4 members (excludes halogenated alkanes) is 1. The smallest absolute Gasteiger partial charge is 0.132 e. The molecule has 0 spiro atoms. The van der Waals surface area contributed by atoms with E-state index in [4.69, 9.17) is 4.74 Å². The molecule has 0 bridgehead atoms. The van der Waals surface area contributed by atoms with Crippen molar-refractivity contribution in [3.8, 4) is 5.75 Å². The molecule has 0 aliphatic carbocycles. The van der Waals surface area contributed by atoms with Gasteiger partial charge < -0.3 is 15.0 Å². The van der Waals surface area contributed by atoms with E-state index in [1.165, 1.54) is 17.2 Å². The van der Waals surface area contributed by atoms with Crippen LogP contribution in [0.1, 0.15) is 24.0 Å². The lowest BCUT2D eigenvalue weighted by Gasteiger charge is -2.27. The topological polar surface area (TPSA) is 49.9 Å². The molecule has 2 aromatic carbocycles. The Morgan fingerprint density at radius 2 is 2.10 bits per heavy atom. The summed E-state index contributed by atoms with van der Waals surface area (Å²) in [5.74, 6) is 0.807. The van der Waals surface area contributed by atoms with Crippen LogP contribution in [-0.4, -0.2) is 29.2 Å². The molecule has 4 aromatic rings. The summed E-state index contributed by atoms with van der Waals surface area (Å²) >= 11 is 0. The van der Waals surface area contributed by atoms with Crippen molar-refractivity contribution >= 4 is 21.8 Å². The molecule has 2 N–H and O–H groups in total. The Kier molecular flexibility index (Phi) is 4.90. The predicted octanol–water partition coefficient (Wildman–Crippen LogP) is 4.77. The molecule has 0 fully saturated rings. The molecule has 0 amide bonds. The SMILES string of the molecule is Fc1ccc2[nH]cc(CCCCNC3COc4c(ccc5ncccc45)C3)c2c1. The van der Waals surface area contributed by atoms with Crippen LogP contribution in [0.4, 0.5) is 4.39 Å². The fourth-order valence-electron chi connectivity index (χ4n) is 4.25. The summed E-state index contributed by atoms with van der Waals surface area (Å²) in [4.78, 5) is 7.63. The molecule has 1 unspecified atom stereocenters. The van der Waals surface area contributed by atoms with Crippen LogP contribution in [0.3, 0.4) is 0 Å². The number of nitrogens with zero attached hydrogens (tertiary/aromatic N) is 1. The van der Waals surface area contributed by atoms with Crippen LogP contribution in [0.15, 0.2) is 54.9 Å². The Balaban J connectivity index is 1.13. The molecule has 3 heterocycles. The van der Waals surface area contributed by atoms with E-state index in [1.807, 2.05) is 18.5 Å². The average molecular weight is 389 g/mol. The number of rotatable bonds is 6. The number of halogens is 1. The van der Waals surface area contributed by atoms with Gasteiger partial charge in [0.05, 0.1) is 5.52 Å². The monoisotopic (exact) mass is 389 g/mol. The number of hydrogen-bond donors (Lipinski definition) is 2. The standard InChI is InChI=1S/C24H24FN3O/c25-18-7-9-23-21(13-18)17(14-28-23)4-1-2-10-26-19-12-16-6-8-22-20(5-3-11-27-22)24(16)29-15-19/h3,5-9,11,13-14,19,26,28H,1-2,4,10,12,15H2. The first kappa shape index (κ1) is 18.1. The Hall–Kier alpha value is -2.92. The minimum absolute atomic E-state index is 0.179. The average Bonchev–Trinajstić information content (AvgIpc) is 3.15. The minimum atomic E-state index is -0.179. The minimum Gasteiger partial charge on any atom is -0.491 e. The third-order valence-electron chi connectivity index (χ3n) is 5.75. The summed E-state index contributed by atoms with van der Waals surface area (Å²) in [5, 5.41) is 5.72. The van der Waals surface area contributed by atoms with Crippen LogP contribution in [0.5, 0.6) is 5.75 Å². The number of benzene rings is 2. The fraction of sp³-hybridized carbons (Fsp3) is 0.292. The number of aryl methyl sites for hydroxylation is 1. The number of ether oxygens (including phenoxy) is 1. The number of nitrogens with one attached hydrogen (secondary N) is 2. The lowest BCUT2D eigenvalue weighted by Crippen LogP contribution is -2.39. The first-order valence-corrected chi connectivity index (χ1v) is 10.3. The number of pyridine rings is 1. The summed E-state index contributed by atoms with van der Waals surface area (Å²) in [6.07, 6.45) is 7.89. The Morgan fingerprint density at radius 3 is 3.07 bits per heavy atom. The molecule has 2 aromatic heterocycles. The van der Waals surface area contributed by atoms with Gasteiger partial charge in [-0.25, -0.2) is 4.39 Å². The Labute approximate surface area is 169 Å². The van der Waals surface area contributed by atoms with Crippen molar-refractivity contribution in [1.29, 1.82) is 0 Å². The number of fused-ring (bicyclic) bond motifs is 4. The van der Waals surface area contributed by atoms with Gasteiger partial charge in [0.2, 0.25) is 0 Å². The second kappa shape index (κ2) is 7.84. The summed E-state index contributed by atoms with van der Waals surface area (Å²) in [5.41, 5.74) is 4.42. The first-order valence-electron chi connectivity index (χ1n) is 10.3. The van der Waals surface area contributed by atoms with Crippen molar-refractivity contribution in [3.05, 3.63) is 71.8 Å². The zero-order valence-electron chi connectivity index (χ0n) is 16.2. The van der Waals surface area contributed by atoms with Gasteiger partial charge in [-0.2, -0.15) is 0 Å². The normalized spacial score (nSPS) is 16.1. The van der Waals surface area contributed by atoms with Gasteiger partial charge in [0.1, 0.15) is 18.2 Å². The van der Waals surface area contributed by atoms with Crippen LogP contribution < -0.4 is 10.1 Å². The molecule has 1 aliphatic rings. The molecule has 148 valence electrons. The molecule has 4 nitrogen and oxygen atoms in total. The largest absolute Gasteiger partial charge is 0.491 e. The maximum atomic E-state index is 13.5. The van der Waals surface area contributed by atoms with Gasteiger partial charge in [0, 0.05) is 34.7 Å². The van der Waals surface area contributed by atoms with Gasteiger partial charge in [-0.05, 0) is 79.8 Å². The zero-order chi connectivity index (χ0) is 19.6. The molecule has 5 heteroatoms. The first-order chi connectivity index (χ1) is 14.3. The molecule has 0 saturated carbocycles. The van der Waals surface area contributed by atoms with Crippen molar-refractivity contribution in [2.45, 2.75) is 31.7 Å². The molecule has 29 heavy (non-hydrogen) atoms. The van der Waals surface area contributed by atoms with Crippen LogP contribution >= 0.6 is 0 Å². The fourth-order valence-corrected chi connectivity index (χ4v) is 4.25. The molecular formula is C24H24FN3O. The third kappa shape index (κ3) is 3.70.